The van der Waals surface area contributed by atoms with E-state index in [9.17, 15) is 4.79 Å². The molecule has 3 N–H and O–H groups in total. The minimum absolute atomic E-state index is 0.106. The molecule has 0 radical (unpaired) electrons. The molecule has 0 saturated heterocycles. The van der Waals surface area contributed by atoms with Crippen molar-refractivity contribution in [2.45, 2.75) is 0 Å². The van der Waals surface area contributed by atoms with Crippen molar-refractivity contribution < 1.29 is 9.21 Å². The van der Waals surface area contributed by atoms with Gasteiger partial charge < -0.3 is 15.5 Å². The Morgan fingerprint density at radius 1 is 1.57 bits per heavy atom. The summed E-state index contributed by atoms with van der Waals surface area (Å²) in [5.74, 6) is -0.165. The molecule has 0 aliphatic rings. The summed E-state index contributed by atoms with van der Waals surface area (Å²) in [7, 11) is 1.57. The fourth-order valence-corrected chi connectivity index (χ4v) is 1.23. The van der Waals surface area contributed by atoms with E-state index in [0.717, 1.165) is 0 Å². The molecule has 0 spiro atoms. The molecule has 0 aliphatic carbocycles. The van der Waals surface area contributed by atoms with Crippen LogP contribution in [0.1, 0.15) is 10.4 Å². The maximum Gasteiger partial charge on any atom is 0.292 e. The number of rotatable bonds is 1. The number of fused-ring (bicyclic) bond motifs is 1. The molecule has 2 rings (SSSR count). The minimum Gasteiger partial charge on any atom is -0.424 e. The maximum atomic E-state index is 11.3. The second-order valence-corrected chi connectivity index (χ2v) is 2.81. The maximum absolute atomic E-state index is 11.3. The van der Waals surface area contributed by atoms with E-state index in [1.165, 1.54) is 0 Å². The number of nitrogens with one attached hydrogen (secondary N) is 1. The van der Waals surface area contributed by atoms with Gasteiger partial charge in [-0.3, -0.25) is 4.79 Å². The average Bonchev–Trinajstić information content (AvgIpc) is 2.55. The molecule has 2 aromatic rings. The summed E-state index contributed by atoms with van der Waals surface area (Å²) in [5.41, 5.74) is 7.06. The van der Waals surface area contributed by atoms with Crippen LogP contribution >= 0.6 is 0 Å². The number of amides is 1. The Morgan fingerprint density at radius 3 is 3.07 bits per heavy atom. The van der Waals surface area contributed by atoms with Crippen molar-refractivity contribution >= 4 is 23.0 Å². The van der Waals surface area contributed by atoms with E-state index in [4.69, 9.17) is 10.2 Å². The number of anilines is 1. The van der Waals surface area contributed by atoms with Gasteiger partial charge in [-0.2, -0.15) is 4.98 Å². The van der Waals surface area contributed by atoms with Crippen LogP contribution in [-0.4, -0.2) is 17.9 Å². The van der Waals surface area contributed by atoms with Crippen LogP contribution in [0.2, 0.25) is 0 Å². The van der Waals surface area contributed by atoms with E-state index in [-0.39, 0.29) is 11.9 Å². The molecule has 1 amide bonds. The quantitative estimate of drug-likeness (QED) is 0.697. The van der Waals surface area contributed by atoms with Crippen LogP contribution in [0.4, 0.5) is 6.01 Å². The Morgan fingerprint density at radius 2 is 2.36 bits per heavy atom. The van der Waals surface area contributed by atoms with E-state index in [1.807, 2.05) is 0 Å². The van der Waals surface area contributed by atoms with Gasteiger partial charge in [0.2, 0.25) is 0 Å². The zero-order valence-corrected chi connectivity index (χ0v) is 7.57. The number of benzene rings is 1. The zero-order chi connectivity index (χ0) is 10.1. The van der Waals surface area contributed by atoms with Crippen molar-refractivity contribution in [3.05, 3.63) is 23.8 Å². The smallest absolute Gasteiger partial charge is 0.292 e. The van der Waals surface area contributed by atoms with Gasteiger partial charge in [0, 0.05) is 12.6 Å². The van der Waals surface area contributed by atoms with Gasteiger partial charge in [0.25, 0.3) is 11.9 Å². The molecule has 0 unspecified atom stereocenters. The summed E-state index contributed by atoms with van der Waals surface area (Å²) in [4.78, 5) is 15.2. The first-order valence-corrected chi connectivity index (χ1v) is 4.09. The Kier molecular flexibility index (Phi) is 1.85. The zero-order valence-electron chi connectivity index (χ0n) is 7.57. The molecule has 0 bridgehead atoms. The van der Waals surface area contributed by atoms with E-state index < -0.39 is 0 Å². The van der Waals surface area contributed by atoms with Crippen LogP contribution in [0.5, 0.6) is 0 Å². The Labute approximate surface area is 79.9 Å². The number of nitrogen functional groups attached to an aromatic ring is 1. The SMILES string of the molecule is CNC(=O)c1ccc2nc(N)oc2c1. The molecular weight excluding hydrogens is 182 g/mol. The van der Waals surface area contributed by atoms with Gasteiger partial charge in [0.15, 0.2) is 5.58 Å². The fraction of sp³-hybridized carbons (Fsp3) is 0.111. The molecule has 0 fully saturated rings. The van der Waals surface area contributed by atoms with Crippen LogP contribution in [0.15, 0.2) is 22.6 Å². The van der Waals surface area contributed by atoms with Gasteiger partial charge in [0.05, 0.1) is 0 Å². The van der Waals surface area contributed by atoms with Gasteiger partial charge >= 0.3 is 0 Å². The standard InChI is InChI=1S/C9H9N3O2/c1-11-8(13)5-2-3-6-7(4-5)14-9(10)12-6/h2-4H,1H3,(H2,10,12)(H,11,13). The second-order valence-electron chi connectivity index (χ2n) is 2.81. The first-order chi connectivity index (χ1) is 6.70. The molecule has 0 saturated carbocycles. The van der Waals surface area contributed by atoms with Crippen molar-refractivity contribution in [2.75, 3.05) is 12.8 Å². The molecule has 5 heteroatoms. The number of hydrogen-bond acceptors (Lipinski definition) is 4. The largest absolute Gasteiger partial charge is 0.424 e. The number of carbonyl (C=O) groups excluding carboxylic acids is 1. The van der Waals surface area contributed by atoms with Gasteiger partial charge in [-0.05, 0) is 18.2 Å². The normalized spacial score (nSPS) is 10.4. The van der Waals surface area contributed by atoms with Crippen LogP contribution in [0.3, 0.4) is 0 Å². The number of oxazole rings is 1. The highest BCUT2D eigenvalue weighted by molar-refractivity contribution is 5.96. The third kappa shape index (κ3) is 1.28. The third-order valence-corrected chi connectivity index (χ3v) is 1.89. The summed E-state index contributed by atoms with van der Waals surface area (Å²) < 4.78 is 5.09. The number of nitrogens with zero attached hydrogens (tertiary/aromatic N) is 1. The average molecular weight is 191 g/mol. The number of carbonyl (C=O) groups is 1. The van der Waals surface area contributed by atoms with Crippen molar-refractivity contribution in [1.82, 2.24) is 10.3 Å². The van der Waals surface area contributed by atoms with E-state index in [0.29, 0.717) is 16.7 Å². The summed E-state index contributed by atoms with van der Waals surface area (Å²) in [6.45, 7) is 0. The van der Waals surface area contributed by atoms with Gasteiger partial charge in [-0.1, -0.05) is 0 Å². The highest BCUT2D eigenvalue weighted by Crippen LogP contribution is 2.18. The minimum atomic E-state index is -0.165. The predicted molar refractivity (Wildman–Crippen MR) is 51.8 cm³/mol. The van der Waals surface area contributed by atoms with Crippen LogP contribution in [0, 0.1) is 0 Å². The Bertz CT molecular complexity index is 490. The number of nitrogens with two attached hydrogens (primary N) is 1. The van der Waals surface area contributed by atoms with Crippen LogP contribution in [0.25, 0.3) is 11.1 Å². The highest BCUT2D eigenvalue weighted by Gasteiger charge is 2.07. The van der Waals surface area contributed by atoms with E-state index in [1.54, 1.807) is 25.2 Å². The molecule has 0 atom stereocenters. The Balaban J connectivity index is 2.55. The van der Waals surface area contributed by atoms with Gasteiger partial charge in [0.1, 0.15) is 5.52 Å². The van der Waals surface area contributed by atoms with E-state index in [2.05, 4.69) is 10.3 Å². The van der Waals surface area contributed by atoms with Gasteiger partial charge in [-0.25, -0.2) is 0 Å². The Hall–Kier alpha value is -2.04. The lowest BCUT2D eigenvalue weighted by molar-refractivity contribution is 0.0963. The van der Waals surface area contributed by atoms with E-state index >= 15 is 0 Å². The summed E-state index contributed by atoms with van der Waals surface area (Å²) in [6.07, 6.45) is 0. The third-order valence-electron chi connectivity index (χ3n) is 1.89. The highest BCUT2D eigenvalue weighted by atomic mass is 16.4. The van der Waals surface area contributed by atoms with Crippen molar-refractivity contribution in [1.29, 1.82) is 0 Å². The van der Waals surface area contributed by atoms with Crippen molar-refractivity contribution in [2.24, 2.45) is 0 Å². The molecule has 5 nitrogen and oxygen atoms in total. The summed E-state index contributed by atoms with van der Waals surface area (Å²) in [6, 6.07) is 5.08. The summed E-state index contributed by atoms with van der Waals surface area (Å²) >= 11 is 0. The second kappa shape index (κ2) is 3.02. The van der Waals surface area contributed by atoms with Gasteiger partial charge in [-0.15, -0.1) is 0 Å². The lowest BCUT2D eigenvalue weighted by atomic mass is 10.2. The number of hydrogen-bond donors (Lipinski definition) is 2. The molecule has 1 aromatic carbocycles. The van der Waals surface area contributed by atoms with Crippen molar-refractivity contribution in [3.8, 4) is 0 Å². The molecular formula is C9H9N3O2. The molecule has 1 aromatic heterocycles. The van der Waals surface area contributed by atoms with Crippen LogP contribution in [-0.2, 0) is 0 Å². The predicted octanol–water partition coefficient (Wildman–Crippen LogP) is 0.770. The molecule has 72 valence electrons. The molecule has 0 aliphatic heterocycles. The summed E-state index contributed by atoms with van der Waals surface area (Å²) in [5, 5.41) is 2.52. The lowest BCUT2D eigenvalue weighted by Gasteiger charge is -1.97. The van der Waals surface area contributed by atoms with Crippen LogP contribution < -0.4 is 11.1 Å². The first-order valence-electron chi connectivity index (χ1n) is 4.09. The molecule has 1 heterocycles. The monoisotopic (exact) mass is 191 g/mol. The number of aromatic nitrogens is 1. The lowest BCUT2D eigenvalue weighted by Crippen LogP contribution is -2.17. The first kappa shape index (κ1) is 8.55. The molecule has 14 heavy (non-hydrogen) atoms. The topological polar surface area (TPSA) is 81.2 Å². The fourth-order valence-electron chi connectivity index (χ4n) is 1.23. The van der Waals surface area contributed by atoms with Crippen molar-refractivity contribution in [3.63, 3.8) is 0 Å².